The second-order valence-corrected chi connectivity index (χ2v) is 9.70. The van der Waals surface area contributed by atoms with E-state index in [1.54, 1.807) is 21.3 Å². The number of nitrogens with zero attached hydrogens (tertiary/aromatic N) is 2. The molecule has 0 N–H and O–H groups in total. The van der Waals surface area contributed by atoms with Crippen LogP contribution in [-0.2, 0) is 13.3 Å². The third-order valence-corrected chi connectivity index (χ3v) is 9.35. The van der Waals surface area contributed by atoms with Gasteiger partial charge in [-0.05, 0) is 28.2 Å². The van der Waals surface area contributed by atoms with Crippen LogP contribution >= 0.6 is 0 Å². The van der Waals surface area contributed by atoms with Gasteiger partial charge in [0.15, 0.2) is 0 Å². The average molecular weight is 281 g/mol. The van der Waals surface area contributed by atoms with Crippen LogP contribution in [0.25, 0.3) is 0 Å². The molecule has 0 spiro atoms. The Morgan fingerprint density at radius 1 is 0.941 bits per heavy atom. The van der Waals surface area contributed by atoms with Crippen LogP contribution in [0.3, 0.4) is 0 Å². The average Bonchev–Trinajstić information content (AvgIpc) is 2.29. The van der Waals surface area contributed by atoms with Crippen molar-refractivity contribution in [3.63, 3.8) is 0 Å². The lowest BCUT2D eigenvalue weighted by molar-refractivity contribution is 0.125. The molecule has 0 saturated carbocycles. The number of hydrogen-bond acceptors (Lipinski definition) is 5. The van der Waals surface area contributed by atoms with Crippen molar-refractivity contribution in [3.8, 4) is 0 Å². The fourth-order valence-electron chi connectivity index (χ4n) is 2.04. The maximum atomic E-state index is 5.43. The molecule has 0 fully saturated rings. The molecular formula is C10H28N2O3Si2. The van der Waals surface area contributed by atoms with E-state index in [4.69, 9.17) is 13.3 Å². The normalized spacial score (nSPS) is 13.8. The summed E-state index contributed by atoms with van der Waals surface area (Å²) in [4.78, 5) is 4.56. The lowest BCUT2D eigenvalue weighted by Gasteiger charge is -2.31. The summed E-state index contributed by atoms with van der Waals surface area (Å²) in [6.07, 6.45) is 0. The van der Waals surface area contributed by atoms with Crippen LogP contribution in [0.1, 0.15) is 0 Å². The van der Waals surface area contributed by atoms with E-state index in [9.17, 15) is 0 Å². The molecule has 104 valence electrons. The summed E-state index contributed by atoms with van der Waals surface area (Å²) < 4.78 is 16.3. The highest BCUT2D eigenvalue weighted by Gasteiger charge is 2.37. The smallest absolute Gasteiger partial charge is 0.377 e. The van der Waals surface area contributed by atoms with Crippen LogP contribution in [0.5, 0.6) is 0 Å². The number of hydrogen-bond donors (Lipinski definition) is 0. The van der Waals surface area contributed by atoms with E-state index in [1.165, 1.54) is 6.04 Å². The van der Waals surface area contributed by atoms with E-state index in [2.05, 4.69) is 38.0 Å². The van der Waals surface area contributed by atoms with E-state index in [0.29, 0.717) is 5.79 Å². The second-order valence-electron chi connectivity index (χ2n) is 4.60. The Balaban J connectivity index is 4.19. The first-order chi connectivity index (χ1) is 7.92. The Kier molecular flexibility index (Phi) is 8.47. The molecule has 0 aromatic rings. The zero-order chi connectivity index (χ0) is 13.5. The molecule has 0 aromatic heterocycles. The molecule has 0 rings (SSSR count). The Labute approximate surface area is 109 Å². The predicted molar refractivity (Wildman–Crippen MR) is 76.1 cm³/mol. The zero-order valence-corrected chi connectivity index (χ0v) is 14.7. The minimum absolute atomic E-state index is 0.231. The topological polar surface area (TPSA) is 34.2 Å². The van der Waals surface area contributed by atoms with Gasteiger partial charge in [0.25, 0.3) is 0 Å². The molecule has 0 atom stereocenters. The summed E-state index contributed by atoms with van der Waals surface area (Å²) >= 11 is 0. The first-order valence-corrected chi connectivity index (χ1v) is 9.65. The molecule has 0 aliphatic heterocycles. The lowest BCUT2D eigenvalue weighted by Crippen LogP contribution is -2.47. The van der Waals surface area contributed by atoms with Gasteiger partial charge in [-0.15, -0.1) is 0 Å². The molecule has 0 aliphatic carbocycles. The second kappa shape index (κ2) is 8.36. The maximum absolute atomic E-state index is 5.43. The minimum atomic E-state index is -2.36. The number of rotatable bonds is 9. The molecule has 0 radical (unpaired) electrons. The third-order valence-electron chi connectivity index (χ3n) is 3.07. The van der Waals surface area contributed by atoms with Crippen LogP contribution in [0.4, 0.5) is 0 Å². The first kappa shape index (κ1) is 17.2. The van der Waals surface area contributed by atoms with Crippen molar-refractivity contribution in [3.05, 3.63) is 0 Å². The molecule has 0 aliphatic rings. The molecule has 0 aromatic carbocycles. The largest absolute Gasteiger partial charge is 0.499 e. The summed E-state index contributed by atoms with van der Waals surface area (Å²) in [5.41, 5.74) is 0. The maximum Gasteiger partial charge on any atom is 0.499 e. The van der Waals surface area contributed by atoms with Crippen molar-refractivity contribution in [2.24, 2.45) is 0 Å². The molecule has 5 nitrogen and oxygen atoms in total. The standard InChI is InChI=1S/C10H28N2O3Si2/c1-11(2)10(12(3)4)16-8-9-17(13-5,14-6)15-7/h10H,8-9,16H2,1-7H3. The van der Waals surface area contributed by atoms with E-state index in [1.807, 2.05) is 0 Å². The van der Waals surface area contributed by atoms with Crippen molar-refractivity contribution in [1.29, 1.82) is 0 Å². The monoisotopic (exact) mass is 280 g/mol. The summed E-state index contributed by atoms with van der Waals surface area (Å²) in [5, 5.41) is 0. The third kappa shape index (κ3) is 5.60. The predicted octanol–water partition coefficient (Wildman–Crippen LogP) is -0.142. The fraction of sp³-hybridized carbons (Fsp3) is 1.00. The van der Waals surface area contributed by atoms with Gasteiger partial charge in [-0.2, -0.15) is 0 Å². The molecule has 7 heteroatoms. The van der Waals surface area contributed by atoms with Crippen LogP contribution in [0, 0.1) is 0 Å². The van der Waals surface area contributed by atoms with Gasteiger partial charge in [0.2, 0.25) is 0 Å². The van der Waals surface area contributed by atoms with Gasteiger partial charge >= 0.3 is 8.80 Å². The van der Waals surface area contributed by atoms with Crippen molar-refractivity contribution >= 4 is 18.3 Å². The highest BCUT2D eigenvalue weighted by atomic mass is 28.4. The molecule has 0 heterocycles. The van der Waals surface area contributed by atoms with Crippen molar-refractivity contribution in [2.75, 3.05) is 49.5 Å². The van der Waals surface area contributed by atoms with Gasteiger partial charge in [-0.3, -0.25) is 9.80 Å². The highest BCUT2D eigenvalue weighted by Crippen LogP contribution is 2.16. The molecular weight excluding hydrogens is 252 g/mol. The molecule has 0 bridgehead atoms. The highest BCUT2D eigenvalue weighted by molar-refractivity contribution is 6.62. The minimum Gasteiger partial charge on any atom is -0.377 e. The quantitative estimate of drug-likeness (QED) is 0.434. The fourth-order valence-corrected chi connectivity index (χ4v) is 7.09. The zero-order valence-electron chi connectivity index (χ0n) is 12.3. The van der Waals surface area contributed by atoms with Gasteiger partial charge in [0, 0.05) is 33.2 Å². The van der Waals surface area contributed by atoms with Gasteiger partial charge < -0.3 is 13.3 Å². The lowest BCUT2D eigenvalue weighted by atomic mass is 10.8. The van der Waals surface area contributed by atoms with Gasteiger partial charge in [0.1, 0.15) is 0 Å². The Bertz CT molecular complexity index is 186. The summed E-state index contributed by atoms with van der Waals surface area (Å²) in [6.45, 7) is 0. The van der Waals surface area contributed by atoms with E-state index in [-0.39, 0.29) is 9.52 Å². The molecule has 17 heavy (non-hydrogen) atoms. The molecule has 0 amide bonds. The van der Waals surface area contributed by atoms with Gasteiger partial charge in [-0.25, -0.2) is 0 Å². The Hall–Kier alpha value is 0.234. The Morgan fingerprint density at radius 2 is 1.35 bits per heavy atom. The SMILES string of the molecule is CO[Si](CC[SiH2]C(N(C)C)N(C)C)(OC)OC. The van der Waals surface area contributed by atoms with Crippen molar-refractivity contribution in [1.82, 2.24) is 9.80 Å². The summed E-state index contributed by atoms with van der Waals surface area (Å²) in [5.74, 6) is 0.576. The van der Waals surface area contributed by atoms with Crippen molar-refractivity contribution < 1.29 is 13.3 Å². The van der Waals surface area contributed by atoms with Gasteiger partial charge in [-0.1, -0.05) is 6.04 Å². The van der Waals surface area contributed by atoms with Gasteiger partial charge in [0.05, 0.1) is 9.52 Å². The Morgan fingerprint density at radius 3 is 1.65 bits per heavy atom. The summed E-state index contributed by atoms with van der Waals surface area (Å²) in [6, 6.07) is 2.09. The first-order valence-electron chi connectivity index (χ1n) is 5.90. The van der Waals surface area contributed by atoms with Crippen molar-refractivity contribution in [2.45, 2.75) is 17.9 Å². The van der Waals surface area contributed by atoms with E-state index < -0.39 is 8.80 Å². The molecule has 0 saturated heterocycles. The summed E-state index contributed by atoms with van der Waals surface area (Å²) in [7, 11) is 11.0. The van der Waals surface area contributed by atoms with Crippen LogP contribution in [0.15, 0.2) is 0 Å². The van der Waals surface area contributed by atoms with Crippen LogP contribution < -0.4 is 0 Å². The van der Waals surface area contributed by atoms with E-state index >= 15 is 0 Å². The van der Waals surface area contributed by atoms with E-state index in [0.717, 1.165) is 6.04 Å². The molecule has 0 unspecified atom stereocenters. The van der Waals surface area contributed by atoms with Crippen LogP contribution in [0.2, 0.25) is 12.1 Å². The van der Waals surface area contributed by atoms with Crippen LogP contribution in [-0.4, -0.2) is 83.4 Å².